The van der Waals surface area contributed by atoms with Crippen LogP contribution in [0.2, 0.25) is 0 Å². The number of aryl methyl sites for hydroxylation is 2. The molecular formula is C16H14O. The van der Waals surface area contributed by atoms with Crippen LogP contribution in [0.25, 0.3) is 22.3 Å². The molecule has 0 N–H and O–H groups in total. The van der Waals surface area contributed by atoms with Crippen molar-refractivity contribution in [3.05, 3.63) is 59.7 Å². The third-order valence-electron chi connectivity index (χ3n) is 3.13. The third kappa shape index (κ3) is 1.64. The monoisotopic (exact) mass is 222 g/mol. The van der Waals surface area contributed by atoms with Crippen LogP contribution < -0.4 is 0 Å². The molecule has 0 aliphatic carbocycles. The lowest BCUT2D eigenvalue weighted by Gasteiger charge is -1.96. The summed E-state index contributed by atoms with van der Waals surface area (Å²) in [6.45, 7) is 4.20. The maximum Gasteiger partial charge on any atom is 0.138 e. The molecule has 0 spiro atoms. The molecule has 0 bridgehead atoms. The number of hydrogen-bond acceptors (Lipinski definition) is 1. The fourth-order valence-electron chi connectivity index (χ4n) is 2.20. The van der Waals surface area contributed by atoms with Gasteiger partial charge >= 0.3 is 0 Å². The van der Waals surface area contributed by atoms with Gasteiger partial charge in [0.1, 0.15) is 11.3 Å². The molecule has 3 aromatic rings. The number of furan rings is 1. The van der Waals surface area contributed by atoms with Crippen LogP contribution >= 0.6 is 0 Å². The smallest absolute Gasteiger partial charge is 0.138 e. The molecule has 2 aromatic carbocycles. The van der Waals surface area contributed by atoms with E-state index in [-0.39, 0.29) is 0 Å². The fraction of sp³-hybridized carbons (Fsp3) is 0.125. The van der Waals surface area contributed by atoms with Crippen molar-refractivity contribution in [2.75, 3.05) is 0 Å². The molecule has 1 nitrogen and oxygen atoms in total. The Balaban J connectivity index is 2.28. The summed E-state index contributed by atoms with van der Waals surface area (Å²) in [6, 6.07) is 16.6. The first-order valence-electron chi connectivity index (χ1n) is 5.81. The first kappa shape index (κ1) is 10.2. The van der Waals surface area contributed by atoms with Gasteiger partial charge in [-0.3, -0.25) is 0 Å². The van der Waals surface area contributed by atoms with Gasteiger partial charge in [-0.15, -0.1) is 0 Å². The summed E-state index contributed by atoms with van der Waals surface area (Å²) in [5.74, 6) is 0.978. The molecule has 1 heteroatoms. The van der Waals surface area contributed by atoms with Crippen LogP contribution in [0.5, 0.6) is 0 Å². The Labute approximate surface area is 101 Å². The molecule has 0 unspecified atom stereocenters. The molecule has 17 heavy (non-hydrogen) atoms. The van der Waals surface area contributed by atoms with E-state index in [0.29, 0.717) is 0 Å². The maximum atomic E-state index is 5.97. The van der Waals surface area contributed by atoms with Gasteiger partial charge in [-0.05, 0) is 25.5 Å². The summed E-state index contributed by atoms with van der Waals surface area (Å²) in [4.78, 5) is 0. The highest BCUT2D eigenvalue weighted by atomic mass is 16.3. The summed E-state index contributed by atoms with van der Waals surface area (Å²) in [7, 11) is 0. The molecular weight excluding hydrogens is 208 g/mol. The van der Waals surface area contributed by atoms with Gasteiger partial charge in [0.05, 0.1) is 0 Å². The van der Waals surface area contributed by atoms with Gasteiger partial charge in [-0.25, -0.2) is 0 Å². The van der Waals surface area contributed by atoms with E-state index in [0.717, 1.165) is 16.9 Å². The van der Waals surface area contributed by atoms with Gasteiger partial charge in [-0.2, -0.15) is 0 Å². The minimum atomic E-state index is 0.973. The fourth-order valence-corrected chi connectivity index (χ4v) is 2.20. The minimum Gasteiger partial charge on any atom is -0.456 e. The Morgan fingerprint density at radius 3 is 2.41 bits per heavy atom. The lowest BCUT2D eigenvalue weighted by Crippen LogP contribution is -1.76. The second-order valence-electron chi connectivity index (χ2n) is 4.42. The quantitative estimate of drug-likeness (QED) is 0.580. The molecule has 3 rings (SSSR count). The Bertz CT molecular complexity index is 663. The van der Waals surface area contributed by atoms with Gasteiger partial charge in [0, 0.05) is 16.5 Å². The van der Waals surface area contributed by atoms with Gasteiger partial charge in [0.2, 0.25) is 0 Å². The highest BCUT2D eigenvalue weighted by molar-refractivity contribution is 5.87. The molecule has 0 aliphatic rings. The van der Waals surface area contributed by atoms with Gasteiger partial charge in [0.15, 0.2) is 0 Å². The molecule has 0 amide bonds. The summed E-state index contributed by atoms with van der Waals surface area (Å²) < 4.78 is 5.97. The molecule has 0 saturated heterocycles. The first-order valence-corrected chi connectivity index (χ1v) is 5.81. The number of benzene rings is 2. The van der Waals surface area contributed by atoms with Gasteiger partial charge < -0.3 is 4.42 Å². The number of rotatable bonds is 1. The predicted molar refractivity (Wildman–Crippen MR) is 71.1 cm³/mol. The lowest BCUT2D eigenvalue weighted by atomic mass is 10.1. The van der Waals surface area contributed by atoms with Crippen molar-refractivity contribution in [1.29, 1.82) is 0 Å². The Morgan fingerprint density at radius 2 is 1.65 bits per heavy atom. The van der Waals surface area contributed by atoms with E-state index in [4.69, 9.17) is 4.42 Å². The predicted octanol–water partition coefficient (Wildman–Crippen LogP) is 4.72. The van der Waals surface area contributed by atoms with E-state index in [1.165, 1.54) is 16.5 Å². The van der Waals surface area contributed by atoms with Crippen molar-refractivity contribution in [2.45, 2.75) is 13.8 Å². The van der Waals surface area contributed by atoms with Crippen molar-refractivity contribution in [2.24, 2.45) is 0 Å². The molecule has 0 aliphatic heterocycles. The molecule has 0 radical (unpaired) electrons. The molecule has 1 aromatic heterocycles. The molecule has 0 saturated carbocycles. The average molecular weight is 222 g/mol. The minimum absolute atomic E-state index is 0.973. The van der Waals surface area contributed by atoms with E-state index in [1.54, 1.807) is 0 Å². The van der Waals surface area contributed by atoms with Crippen LogP contribution in [0.15, 0.2) is 52.9 Å². The van der Waals surface area contributed by atoms with Gasteiger partial charge in [-0.1, -0.05) is 42.5 Å². The Hall–Kier alpha value is -2.02. The normalized spacial score (nSPS) is 10.9. The second-order valence-corrected chi connectivity index (χ2v) is 4.42. The topological polar surface area (TPSA) is 13.1 Å². The zero-order valence-corrected chi connectivity index (χ0v) is 10.0. The summed E-state index contributed by atoms with van der Waals surface area (Å²) in [5, 5.41) is 1.20. The standard InChI is InChI=1S/C16H14O/c1-11-8-9-14-12(2)16(17-15(14)10-11)13-6-4-3-5-7-13/h3-10H,1-2H3. The van der Waals surface area contributed by atoms with E-state index in [2.05, 4.69) is 44.2 Å². The van der Waals surface area contributed by atoms with E-state index >= 15 is 0 Å². The number of hydrogen-bond donors (Lipinski definition) is 0. The van der Waals surface area contributed by atoms with Crippen LogP contribution in [0.1, 0.15) is 11.1 Å². The summed E-state index contributed by atoms with van der Waals surface area (Å²) >= 11 is 0. The molecule has 0 atom stereocenters. The summed E-state index contributed by atoms with van der Waals surface area (Å²) in [6.07, 6.45) is 0. The van der Waals surface area contributed by atoms with Crippen LogP contribution in [0, 0.1) is 13.8 Å². The van der Waals surface area contributed by atoms with Crippen molar-refractivity contribution >= 4 is 11.0 Å². The van der Waals surface area contributed by atoms with Crippen molar-refractivity contribution in [1.82, 2.24) is 0 Å². The molecule has 1 heterocycles. The van der Waals surface area contributed by atoms with Crippen LogP contribution in [-0.2, 0) is 0 Å². The van der Waals surface area contributed by atoms with Gasteiger partial charge in [0.25, 0.3) is 0 Å². The number of fused-ring (bicyclic) bond motifs is 1. The van der Waals surface area contributed by atoms with E-state index in [9.17, 15) is 0 Å². The Morgan fingerprint density at radius 1 is 0.882 bits per heavy atom. The lowest BCUT2D eigenvalue weighted by molar-refractivity contribution is 0.629. The molecule has 84 valence electrons. The largest absolute Gasteiger partial charge is 0.456 e. The first-order chi connectivity index (χ1) is 8.25. The third-order valence-corrected chi connectivity index (χ3v) is 3.13. The zero-order chi connectivity index (χ0) is 11.8. The van der Waals surface area contributed by atoms with E-state index < -0.39 is 0 Å². The highest BCUT2D eigenvalue weighted by Gasteiger charge is 2.11. The van der Waals surface area contributed by atoms with Crippen molar-refractivity contribution in [3.63, 3.8) is 0 Å². The SMILES string of the molecule is Cc1ccc2c(C)c(-c3ccccc3)oc2c1. The molecule has 0 fully saturated rings. The maximum absolute atomic E-state index is 5.97. The van der Waals surface area contributed by atoms with E-state index in [1.807, 2.05) is 18.2 Å². The van der Waals surface area contributed by atoms with Crippen molar-refractivity contribution in [3.8, 4) is 11.3 Å². The second kappa shape index (κ2) is 3.77. The van der Waals surface area contributed by atoms with Crippen LogP contribution in [0.3, 0.4) is 0 Å². The van der Waals surface area contributed by atoms with Crippen LogP contribution in [0.4, 0.5) is 0 Å². The summed E-state index contributed by atoms with van der Waals surface area (Å²) in [5.41, 5.74) is 4.55. The van der Waals surface area contributed by atoms with Crippen molar-refractivity contribution < 1.29 is 4.42 Å². The zero-order valence-electron chi connectivity index (χ0n) is 10.0. The Kier molecular flexibility index (Phi) is 2.25. The van der Waals surface area contributed by atoms with Crippen LogP contribution in [-0.4, -0.2) is 0 Å². The average Bonchev–Trinajstić information content (AvgIpc) is 2.67. The highest BCUT2D eigenvalue weighted by Crippen LogP contribution is 2.33.